The van der Waals surface area contributed by atoms with Crippen molar-refractivity contribution in [3.63, 3.8) is 0 Å². The van der Waals surface area contributed by atoms with Crippen molar-refractivity contribution < 1.29 is 0 Å². The van der Waals surface area contributed by atoms with Gasteiger partial charge in [0.15, 0.2) is 0 Å². The van der Waals surface area contributed by atoms with Crippen LogP contribution in [0.1, 0.15) is 13.3 Å². The first-order valence-electron chi connectivity index (χ1n) is 3.43. The van der Waals surface area contributed by atoms with E-state index >= 15 is 0 Å². The average Bonchev–Trinajstić information content (AvgIpc) is 1.80. The fourth-order valence-electron chi connectivity index (χ4n) is 0.557. The van der Waals surface area contributed by atoms with Gasteiger partial charge in [0.1, 0.15) is 0 Å². The van der Waals surface area contributed by atoms with Gasteiger partial charge in [-0.3, -0.25) is 0 Å². The van der Waals surface area contributed by atoms with Crippen LogP contribution >= 0.6 is 12.4 Å². The first-order chi connectivity index (χ1) is 4.27. The van der Waals surface area contributed by atoms with Crippen LogP contribution < -0.4 is 16.8 Å². The normalized spacial score (nSPS) is 12.3. The Labute approximate surface area is 68.9 Å². The molecule has 0 aromatic carbocycles. The van der Waals surface area contributed by atoms with Crippen LogP contribution in [-0.4, -0.2) is 25.7 Å². The summed E-state index contributed by atoms with van der Waals surface area (Å²) in [7, 11) is 0. The fourth-order valence-corrected chi connectivity index (χ4v) is 0.557. The minimum Gasteiger partial charge on any atom is -0.330 e. The van der Waals surface area contributed by atoms with Crippen LogP contribution in [0.2, 0.25) is 0 Å². The van der Waals surface area contributed by atoms with Gasteiger partial charge in [0.2, 0.25) is 0 Å². The summed E-state index contributed by atoms with van der Waals surface area (Å²) in [4.78, 5) is 0. The molecule has 0 amide bonds. The van der Waals surface area contributed by atoms with Gasteiger partial charge in [-0.05, 0) is 26.4 Å². The van der Waals surface area contributed by atoms with Crippen LogP contribution in [0.3, 0.4) is 0 Å². The van der Waals surface area contributed by atoms with Gasteiger partial charge >= 0.3 is 0 Å². The minimum atomic E-state index is 0. The largest absolute Gasteiger partial charge is 0.330 e. The highest BCUT2D eigenvalue weighted by molar-refractivity contribution is 5.85. The Kier molecular flexibility index (Phi) is 11.7. The number of nitrogens with two attached hydrogens (primary N) is 2. The zero-order chi connectivity index (χ0) is 7.11. The van der Waals surface area contributed by atoms with E-state index in [0.717, 1.165) is 26.1 Å². The van der Waals surface area contributed by atoms with Crippen LogP contribution in [0, 0.1) is 0 Å². The van der Waals surface area contributed by atoms with Crippen molar-refractivity contribution in [2.75, 3.05) is 19.6 Å². The summed E-state index contributed by atoms with van der Waals surface area (Å²) in [5.41, 5.74) is 10.8. The van der Waals surface area contributed by atoms with Gasteiger partial charge in [0.05, 0.1) is 0 Å². The highest BCUT2D eigenvalue weighted by Crippen LogP contribution is 1.72. The summed E-state index contributed by atoms with van der Waals surface area (Å²) in [5.74, 6) is 0. The first-order valence-corrected chi connectivity index (χ1v) is 3.43. The Balaban J connectivity index is 0. The highest BCUT2D eigenvalue weighted by Gasteiger charge is 1.90. The lowest BCUT2D eigenvalue weighted by atomic mass is 10.3. The van der Waals surface area contributed by atoms with Gasteiger partial charge in [-0.15, -0.1) is 12.4 Å². The molecule has 0 aliphatic rings. The molecular weight excluding hydrogens is 150 g/mol. The second-order valence-electron chi connectivity index (χ2n) is 2.32. The van der Waals surface area contributed by atoms with Crippen molar-refractivity contribution in [2.45, 2.75) is 19.4 Å². The Morgan fingerprint density at radius 1 is 1.50 bits per heavy atom. The van der Waals surface area contributed by atoms with E-state index in [9.17, 15) is 0 Å². The summed E-state index contributed by atoms with van der Waals surface area (Å²) < 4.78 is 0. The maximum absolute atomic E-state index is 5.48. The molecule has 4 heteroatoms. The van der Waals surface area contributed by atoms with Crippen molar-refractivity contribution in [1.82, 2.24) is 5.32 Å². The molecule has 0 bridgehead atoms. The van der Waals surface area contributed by atoms with E-state index in [-0.39, 0.29) is 18.4 Å². The van der Waals surface area contributed by atoms with E-state index in [0.29, 0.717) is 0 Å². The standard InChI is InChI=1S/C6H17N3.ClH/c1-6(8)5-9-4-2-3-7;/h6,9H,2-5,7-8H2,1H3;1H. The lowest BCUT2D eigenvalue weighted by molar-refractivity contribution is 0.594. The van der Waals surface area contributed by atoms with Crippen LogP contribution in [0.15, 0.2) is 0 Å². The first kappa shape index (κ1) is 12.8. The Morgan fingerprint density at radius 3 is 2.50 bits per heavy atom. The molecule has 64 valence electrons. The molecule has 0 aromatic rings. The molecule has 0 aliphatic heterocycles. The van der Waals surface area contributed by atoms with E-state index in [1.807, 2.05) is 6.92 Å². The van der Waals surface area contributed by atoms with Crippen LogP contribution in [-0.2, 0) is 0 Å². The summed E-state index contributed by atoms with van der Waals surface area (Å²) >= 11 is 0. The monoisotopic (exact) mass is 167 g/mol. The second kappa shape index (κ2) is 9.17. The van der Waals surface area contributed by atoms with E-state index in [1.54, 1.807) is 0 Å². The molecule has 0 saturated heterocycles. The average molecular weight is 168 g/mol. The quantitative estimate of drug-likeness (QED) is 0.493. The molecule has 1 atom stereocenters. The lowest BCUT2D eigenvalue weighted by Gasteiger charge is -2.05. The minimum absolute atomic E-state index is 0. The molecule has 0 spiro atoms. The molecule has 0 aliphatic carbocycles. The molecule has 0 heterocycles. The predicted octanol–water partition coefficient (Wildman–Crippen LogP) is -0.306. The fraction of sp³-hybridized carbons (Fsp3) is 1.00. The topological polar surface area (TPSA) is 64.1 Å². The molecule has 0 aromatic heterocycles. The third kappa shape index (κ3) is 11.0. The smallest absolute Gasteiger partial charge is 0.0136 e. The van der Waals surface area contributed by atoms with Crippen LogP contribution in [0.25, 0.3) is 0 Å². The highest BCUT2D eigenvalue weighted by atomic mass is 35.5. The van der Waals surface area contributed by atoms with Crippen molar-refractivity contribution in [3.05, 3.63) is 0 Å². The zero-order valence-corrected chi connectivity index (χ0v) is 7.29. The van der Waals surface area contributed by atoms with E-state index in [4.69, 9.17) is 11.5 Å². The molecule has 0 fully saturated rings. The van der Waals surface area contributed by atoms with Gasteiger partial charge in [-0.25, -0.2) is 0 Å². The molecular formula is C6H18ClN3. The second-order valence-corrected chi connectivity index (χ2v) is 2.32. The van der Waals surface area contributed by atoms with Crippen molar-refractivity contribution >= 4 is 12.4 Å². The third-order valence-corrected chi connectivity index (χ3v) is 1.02. The predicted molar refractivity (Wildman–Crippen MR) is 47.4 cm³/mol. The molecule has 3 nitrogen and oxygen atoms in total. The molecule has 0 rings (SSSR count). The summed E-state index contributed by atoms with van der Waals surface area (Å²) in [5, 5.41) is 3.18. The third-order valence-electron chi connectivity index (χ3n) is 1.02. The SMILES string of the molecule is CC(N)CNCCCN.Cl. The lowest BCUT2D eigenvalue weighted by Crippen LogP contribution is -2.32. The van der Waals surface area contributed by atoms with Gasteiger partial charge in [-0.2, -0.15) is 0 Å². The van der Waals surface area contributed by atoms with E-state index in [2.05, 4.69) is 5.32 Å². The number of rotatable bonds is 5. The Bertz CT molecular complexity index is 59.0. The number of hydrogen-bond donors (Lipinski definition) is 3. The zero-order valence-electron chi connectivity index (χ0n) is 6.47. The van der Waals surface area contributed by atoms with Crippen LogP contribution in [0.5, 0.6) is 0 Å². The van der Waals surface area contributed by atoms with Crippen molar-refractivity contribution in [3.8, 4) is 0 Å². The Morgan fingerprint density at radius 2 is 2.10 bits per heavy atom. The molecule has 0 saturated carbocycles. The van der Waals surface area contributed by atoms with Gasteiger partial charge in [0, 0.05) is 12.6 Å². The summed E-state index contributed by atoms with van der Waals surface area (Å²) in [6.07, 6.45) is 1.03. The Hall–Kier alpha value is 0.170. The summed E-state index contributed by atoms with van der Waals surface area (Å²) in [6.45, 7) is 4.61. The number of halogens is 1. The maximum atomic E-state index is 5.48. The van der Waals surface area contributed by atoms with Gasteiger partial charge in [0.25, 0.3) is 0 Å². The van der Waals surface area contributed by atoms with Gasteiger partial charge < -0.3 is 16.8 Å². The van der Waals surface area contributed by atoms with Gasteiger partial charge in [-0.1, -0.05) is 0 Å². The molecule has 10 heavy (non-hydrogen) atoms. The summed E-state index contributed by atoms with van der Waals surface area (Å²) in [6, 6.07) is 0.253. The maximum Gasteiger partial charge on any atom is 0.0136 e. The molecule has 1 unspecified atom stereocenters. The number of hydrogen-bond acceptors (Lipinski definition) is 3. The number of nitrogens with one attached hydrogen (secondary N) is 1. The van der Waals surface area contributed by atoms with Crippen LogP contribution in [0.4, 0.5) is 0 Å². The van der Waals surface area contributed by atoms with Crippen molar-refractivity contribution in [1.29, 1.82) is 0 Å². The molecule has 5 N–H and O–H groups in total. The van der Waals surface area contributed by atoms with E-state index < -0.39 is 0 Å². The molecule has 0 radical (unpaired) electrons. The van der Waals surface area contributed by atoms with Crippen molar-refractivity contribution in [2.24, 2.45) is 11.5 Å². The van der Waals surface area contributed by atoms with E-state index in [1.165, 1.54) is 0 Å².